The Morgan fingerprint density at radius 3 is 2.71 bits per heavy atom. The van der Waals surface area contributed by atoms with Crippen LogP contribution >= 0.6 is 11.5 Å². The third kappa shape index (κ3) is 2.63. The summed E-state index contributed by atoms with van der Waals surface area (Å²) in [5.74, 6) is 1.21. The summed E-state index contributed by atoms with van der Waals surface area (Å²) in [4.78, 5) is 2.25. The topological polar surface area (TPSA) is 60.6 Å². The molecule has 1 aliphatic heterocycles. The summed E-state index contributed by atoms with van der Waals surface area (Å²) >= 11 is 1.40. The van der Waals surface area contributed by atoms with Crippen molar-refractivity contribution in [3.63, 3.8) is 0 Å². The van der Waals surface area contributed by atoms with E-state index in [1.54, 1.807) is 0 Å². The van der Waals surface area contributed by atoms with Crippen molar-refractivity contribution in [2.45, 2.75) is 33.0 Å². The van der Waals surface area contributed by atoms with E-state index in [1.165, 1.54) is 11.5 Å². The molecule has 2 unspecified atom stereocenters. The average molecular weight is 257 g/mol. The van der Waals surface area contributed by atoms with Crippen LogP contribution in [0.25, 0.3) is 0 Å². The van der Waals surface area contributed by atoms with Gasteiger partial charge in [0.15, 0.2) is 16.6 Å². The summed E-state index contributed by atoms with van der Waals surface area (Å²) in [6, 6.07) is 0. The van der Waals surface area contributed by atoms with E-state index in [0.717, 1.165) is 23.8 Å². The van der Waals surface area contributed by atoms with Crippen molar-refractivity contribution in [1.29, 1.82) is 0 Å². The van der Waals surface area contributed by atoms with Crippen LogP contribution in [-0.2, 0) is 4.74 Å². The van der Waals surface area contributed by atoms with Crippen LogP contribution in [0.4, 0.5) is 10.8 Å². The first-order chi connectivity index (χ1) is 8.11. The summed E-state index contributed by atoms with van der Waals surface area (Å²) < 4.78 is 15.5. The first-order valence-corrected chi connectivity index (χ1v) is 6.67. The number of morpholine rings is 1. The zero-order valence-electron chi connectivity index (χ0n) is 10.5. The van der Waals surface area contributed by atoms with Gasteiger partial charge in [-0.25, -0.2) is 0 Å². The van der Waals surface area contributed by atoms with Crippen LogP contribution in [0.5, 0.6) is 5.75 Å². The van der Waals surface area contributed by atoms with Crippen LogP contribution < -0.4 is 15.4 Å². The van der Waals surface area contributed by atoms with Crippen LogP contribution in [0, 0.1) is 0 Å². The molecule has 2 N–H and O–H groups in total. The second kappa shape index (κ2) is 5.10. The normalized spacial score (nSPS) is 25.0. The van der Waals surface area contributed by atoms with Gasteiger partial charge in [-0.1, -0.05) is 0 Å². The fourth-order valence-electron chi connectivity index (χ4n) is 2.11. The fraction of sp³-hybridized carbons (Fsp3) is 0.727. The molecule has 2 atom stereocenters. The van der Waals surface area contributed by atoms with Crippen LogP contribution in [0.2, 0.25) is 0 Å². The molecule has 1 fully saturated rings. The molecule has 5 nitrogen and oxygen atoms in total. The predicted molar refractivity (Wildman–Crippen MR) is 69.9 cm³/mol. The Kier molecular flexibility index (Phi) is 3.73. The molecule has 2 heterocycles. The molecule has 0 spiro atoms. The SMILES string of the molecule is CCOc1c(N)nsc1N1CC(C)OC(C)C1. The Hall–Kier alpha value is -1.01. The van der Waals surface area contributed by atoms with Gasteiger partial charge in [-0.3, -0.25) is 0 Å². The molecular weight excluding hydrogens is 238 g/mol. The van der Waals surface area contributed by atoms with Crippen molar-refractivity contribution in [2.24, 2.45) is 0 Å². The molecule has 0 aromatic carbocycles. The Balaban J connectivity index is 2.21. The smallest absolute Gasteiger partial charge is 0.197 e. The van der Waals surface area contributed by atoms with Gasteiger partial charge in [0, 0.05) is 13.1 Å². The number of anilines is 2. The lowest BCUT2D eigenvalue weighted by Gasteiger charge is -2.35. The number of nitrogen functional groups attached to an aromatic ring is 1. The highest BCUT2D eigenvalue weighted by Crippen LogP contribution is 2.39. The molecule has 17 heavy (non-hydrogen) atoms. The van der Waals surface area contributed by atoms with Gasteiger partial charge >= 0.3 is 0 Å². The molecular formula is C11H19N3O2S. The zero-order chi connectivity index (χ0) is 12.4. The van der Waals surface area contributed by atoms with Gasteiger partial charge in [-0.2, -0.15) is 4.37 Å². The second-order valence-electron chi connectivity index (χ2n) is 4.30. The fourth-order valence-corrected chi connectivity index (χ4v) is 2.89. The van der Waals surface area contributed by atoms with Crippen LogP contribution in [0.15, 0.2) is 0 Å². The monoisotopic (exact) mass is 257 g/mol. The van der Waals surface area contributed by atoms with Gasteiger partial charge in [-0.15, -0.1) is 0 Å². The number of rotatable bonds is 3. The number of hydrogen-bond acceptors (Lipinski definition) is 6. The third-order valence-electron chi connectivity index (χ3n) is 2.65. The lowest BCUT2D eigenvalue weighted by Crippen LogP contribution is -2.45. The second-order valence-corrected chi connectivity index (χ2v) is 5.05. The van der Waals surface area contributed by atoms with Crippen molar-refractivity contribution in [1.82, 2.24) is 4.37 Å². The quantitative estimate of drug-likeness (QED) is 0.893. The summed E-state index contributed by atoms with van der Waals surface area (Å²) in [6.45, 7) is 8.41. The molecule has 0 amide bonds. The van der Waals surface area contributed by atoms with Gasteiger partial charge in [0.25, 0.3) is 0 Å². The minimum Gasteiger partial charge on any atom is -0.487 e. The summed E-state index contributed by atoms with van der Waals surface area (Å²) in [7, 11) is 0. The van der Waals surface area contributed by atoms with Crippen molar-refractivity contribution in [3.8, 4) is 5.75 Å². The highest BCUT2D eigenvalue weighted by molar-refractivity contribution is 7.11. The van der Waals surface area contributed by atoms with E-state index in [4.69, 9.17) is 15.2 Å². The number of aromatic nitrogens is 1. The van der Waals surface area contributed by atoms with Crippen molar-refractivity contribution in [2.75, 3.05) is 30.3 Å². The lowest BCUT2D eigenvalue weighted by atomic mass is 10.2. The van der Waals surface area contributed by atoms with Crippen molar-refractivity contribution >= 4 is 22.4 Å². The van der Waals surface area contributed by atoms with Gasteiger partial charge in [-0.05, 0) is 32.3 Å². The Morgan fingerprint density at radius 1 is 1.47 bits per heavy atom. The molecule has 1 saturated heterocycles. The van der Waals surface area contributed by atoms with Crippen LogP contribution in [0.1, 0.15) is 20.8 Å². The molecule has 0 aliphatic carbocycles. The predicted octanol–water partition coefficient (Wildman–Crippen LogP) is 1.74. The maximum atomic E-state index is 5.82. The van der Waals surface area contributed by atoms with Gasteiger partial charge in [0.05, 0.1) is 18.8 Å². The molecule has 0 bridgehead atoms. The molecule has 0 saturated carbocycles. The minimum atomic E-state index is 0.219. The molecule has 1 aliphatic rings. The van der Waals surface area contributed by atoms with Gasteiger partial charge in [0.1, 0.15) is 0 Å². The molecule has 1 aromatic rings. The number of ether oxygens (including phenoxy) is 2. The van der Waals surface area contributed by atoms with E-state index < -0.39 is 0 Å². The maximum Gasteiger partial charge on any atom is 0.197 e. The van der Waals surface area contributed by atoms with E-state index in [-0.39, 0.29) is 12.2 Å². The minimum absolute atomic E-state index is 0.219. The Labute approximate surface area is 106 Å². The Morgan fingerprint density at radius 2 is 2.12 bits per heavy atom. The van der Waals surface area contributed by atoms with E-state index in [1.807, 2.05) is 6.92 Å². The van der Waals surface area contributed by atoms with Gasteiger partial charge < -0.3 is 20.1 Å². The molecule has 2 rings (SSSR count). The lowest BCUT2D eigenvalue weighted by molar-refractivity contribution is -0.00511. The van der Waals surface area contributed by atoms with Crippen molar-refractivity contribution in [3.05, 3.63) is 0 Å². The zero-order valence-corrected chi connectivity index (χ0v) is 11.3. The standard InChI is InChI=1S/C11H19N3O2S/c1-4-15-9-10(12)13-17-11(9)14-5-7(2)16-8(3)6-14/h7-8H,4-6H2,1-3H3,(H2,12,13). The highest BCUT2D eigenvalue weighted by atomic mass is 32.1. The van der Waals surface area contributed by atoms with E-state index >= 15 is 0 Å². The summed E-state index contributed by atoms with van der Waals surface area (Å²) in [5.41, 5.74) is 5.82. The number of nitrogens with two attached hydrogens (primary N) is 1. The average Bonchev–Trinajstić information content (AvgIpc) is 2.60. The maximum absolute atomic E-state index is 5.82. The molecule has 1 aromatic heterocycles. The molecule has 6 heteroatoms. The third-order valence-corrected chi connectivity index (χ3v) is 3.56. The summed E-state index contributed by atoms with van der Waals surface area (Å²) in [5, 5.41) is 1.02. The molecule has 0 radical (unpaired) electrons. The highest BCUT2D eigenvalue weighted by Gasteiger charge is 2.27. The Bertz CT molecular complexity index is 373. The van der Waals surface area contributed by atoms with E-state index in [9.17, 15) is 0 Å². The number of nitrogens with zero attached hydrogens (tertiary/aromatic N) is 2. The summed E-state index contributed by atoms with van der Waals surface area (Å²) in [6.07, 6.45) is 0.438. The van der Waals surface area contributed by atoms with E-state index in [2.05, 4.69) is 23.1 Å². The van der Waals surface area contributed by atoms with Crippen LogP contribution in [0.3, 0.4) is 0 Å². The van der Waals surface area contributed by atoms with Crippen LogP contribution in [-0.4, -0.2) is 36.3 Å². The number of hydrogen-bond donors (Lipinski definition) is 1. The van der Waals surface area contributed by atoms with Crippen molar-refractivity contribution < 1.29 is 9.47 Å². The molecule has 96 valence electrons. The van der Waals surface area contributed by atoms with Gasteiger partial charge in [0.2, 0.25) is 0 Å². The first kappa shape index (κ1) is 12.4. The van der Waals surface area contributed by atoms with E-state index in [0.29, 0.717) is 12.4 Å². The largest absolute Gasteiger partial charge is 0.487 e. The first-order valence-electron chi connectivity index (χ1n) is 5.90.